The third-order valence-corrected chi connectivity index (χ3v) is 4.99. The molecule has 3 heterocycles. The van der Waals surface area contributed by atoms with Gasteiger partial charge in [0.1, 0.15) is 42.8 Å². The van der Waals surface area contributed by atoms with Crippen molar-refractivity contribution in [3.63, 3.8) is 0 Å². The van der Waals surface area contributed by atoms with E-state index >= 15 is 0 Å². The van der Waals surface area contributed by atoms with Crippen LogP contribution in [0.15, 0.2) is 43.0 Å². The number of aromatic nitrogens is 4. The number of carbonyl (C=O) groups is 1. The number of aliphatic hydroxyl groups excluding tert-OH is 2. The number of rotatable bonds is 6. The van der Waals surface area contributed by atoms with Gasteiger partial charge in [-0.1, -0.05) is 30.3 Å². The summed E-state index contributed by atoms with van der Waals surface area (Å²) in [7, 11) is 0. The van der Waals surface area contributed by atoms with Gasteiger partial charge in [0.05, 0.1) is 6.33 Å². The van der Waals surface area contributed by atoms with Gasteiger partial charge in [-0.2, -0.15) is 0 Å². The molecule has 1 aliphatic rings. The first kappa shape index (κ1) is 20.2. The fourth-order valence-corrected chi connectivity index (χ4v) is 3.38. The lowest BCUT2D eigenvalue weighted by Crippen LogP contribution is -2.38. The third kappa shape index (κ3) is 3.83. The highest BCUT2D eigenvalue weighted by Gasteiger charge is 2.45. The lowest BCUT2D eigenvalue weighted by molar-refractivity contribution is -0.151. The summed E-state index contributed by atoms with van der Waals surface area (Å²) in [4.78, 5) is 24.3. The first-order valence-electron chi connectivity index (χ1n) is 9.36. The molecule has 2 aromatic heterocycles. The van der Waals surface area contributed by atoms with Crippen LogP contribution < -0.4 is 11.5 Å². The van der Waals surface area contributed by atoms with Crippen molar-refractivity contribution < 1.29 is 24.5 Å². The molecule has 1 fully saturated rings. The number of aliphatic hydroxyl groups is 2. The second-order valence-corrected chi connectivity index (χ2v) is 7.06. The summed E-state index contributed by atoms with van der Waals surface area (Å²) in [5.74, 6) is -0.439. The topological polar surface area (TPSA) is 172 Å². The zero-order chi connectivity index (χ0) is 21.3. The number of nitrogens with zero attached hydrogens (tertiary/aromatic N) is 4. The van der Waals surface area contributed by atoms with Gasteiger partial charge < -0.3 is 31.2 Å². The zero-order valence-corrected chi connectivity index (χ0v) is 15.9. The normalized spacial score (nSPS) is 24.8. The number of nitrogen functional groups attached to an aromatic ring is 1. The van der Waals surface area contributed by atoms with Crippen molar-refractivity contribution in [1.82, 2.24) is 19.5 Å². The number of benzene rings is 1. The molecule has 0 bridgehead atoms. The molecule has 158 valence electrons. The van der Waals surface area contributed by atoms with Crippen LogP contribution in [-0.2, 0) is 20.7 Å². The van der Waals surface area contributed by atoms with Gasteiger partial charge in [-0.3, -0.25) is 9.36 Å². The van der Waals surface area contributed by atoms with Gasteiger partial charge in [0.2, 0.25) is 0 Å². The molecular formula is C19H22N6O5. The molecule has 0 amide bonds. The summed E-state index contributed by atoms with van der Waals surface area (Å²) in [6, 6.07) is 8.46. The summed E-state index contributed by atoms with van der Waals surface area (Å²) in [5, 5.41) is 20.8. The van der Waals surface area contributed by atoms with E-state index in [0.717, 1.165) is 5.56 Å². The maximum Gasteiger partial charge on any atom is 0.323 e. The Morgan fingerprint density at radius 2 is 1.97 bits per heavy atom. The average molecular weight is 414 g/mol. The van der Waals surface area contributed by atoms with E-state index in [-0.39, 0.29) is 12.4 Å². The molecule has 5 atom stereocenters. The van der Waals surface area contributed by atoms with E-state index in [0.29, 0.717) is 17.6 Å². The summed E-state index contributed by atoms with van der Waals surface area (Å²) in [5.41, 5.74) is 13.3. The van der Waals surface area contributed by atoms with Crippen molar-refractivity contribution in [2.75, 3.05) is 12.3 Å². The van der Waals surface area contributed by atoms with Crippen LogP contribution in [0.1, 0.15) is 11.8 Å². The Bertz CT molecular complexity index is 1030. The van der Waals surface area contributed by atoms with Crippen LogP contribution in [0.25, 0.3) is 11.2 Å². The van der Waals surface area contributed by atoms with Gasteiger partial charge in [-0.05, 0) is 12.0 Å². The van der Waals surface area contributed by atoms with Gasteiger partial charge in [-0.15, -0.1) is 0 Å². The standard InChI is InChI=1S/C19H22N6O5/c20-11(6-10-4-2-1-3-5-10)19(28)29-7-12-14(26)15(27)18(30-12)25-9-24-13-16(21)22-8-23-17(13)25/h1-5,8-9,11-12,14-15,18,26-27H,6-7,20H2,(H2,21,22,23)/t11-,12-,14-,15+,18-/m1/s1. The number of hydrogen-bond donors (Lipinski definition) is 4. The molecule has 0 unspecified atom stereocenters. The van der Waals surface area contributed by atoms with Crippen molar-refractivity contribution in [2.24, 2.45) is 5.73 Å². The SMILES string of the molecule is Nc1ncnc2c1ncn2[C@@H]1O[C@H](COC(=O)[C@H](N)Cc2ccccc2)[C@@H](O)[C@@H]1O. The van der Waals surface area contributed by atoms with Gasteiger partial charge >= 0.3 is 5.97 Å². The van der Waals surface area contributed by atoms with Gasteiger partial charge in [0.15, 0.2) is 17.7 Å². The summed E-state index contributed by atoms with van der Waals surface area (Å²) >= 11 is 0. The predicted octanol–water partition coefficient (Wildman–Crippen LogP) is -0.859. The number of ether oxygens (including phenoxy) is 2. The molecule has 11 nitrogen and oxygen atoms in total. The maximum absolute atomic E-state index is 12.2. The van der Waals surface area contributed by atoms with E-state index in [2.05, 4.69) is 15.0 Å². The molecule has 1 aromatic carbocycles. The Morgan fingerprint density at radius 3 is 2.73 bits per heavy atom. The van der Waals surface area contributed by atoms with Crippen molar-refractivity contribution in [1.29, 1.82) is 0 Å². The molecule has 0 radical (unpaired) electrons. The Hall–Kier alpha value is -3.12. The number of nitrogens with two attached hydrogens (primary N) is 2. The highest BCUT2D eigenvalue weighted by atomic mass is 16.6. The number of fused-ring (bicyclic) bond motifs is 1. The van der Waals surface area contributed by atoms with Crippen molar-refractivity contribution in [3.05, 3.63) is 48.5 Å². The highest BCUT2D eigenvalue weighted by molar-refractivity contribution is 5.81. The van der Waals surface area contributed by atoms with Crippen LogP contribution in [-0.4, -0.2) is 66.7 Å². The zero-order valence-electron chi connectivity index (χ0n) is 15.9. The molecule has 6 N–H and O–H groups in total. The molecule has 3 aromatic rings. The monoisotopic (exact) mass is 414 g/mol. The van der Waals surface area contributed by atoms with Crippen LogP contribution in [0.5, 0.6) is 0 Å². The van der Waals surface area contributed by atoms with Crippen LogP contribution in [0.2, 0.25) is 0 Å². The number of carbonyl (C=O) groups excluding carboxylic acids is 1. The second kappa shape index (κ2) is 8.32. The van der Waals surface area contributed by atoms with Crippen molar-refractivity contribution in [3.8, 4) is 0 Å². The number of imidazole rings is 1. The molecule has 30 heavy (non-hydrogen) atoms. The van der Waals surface area contributed by atoms with E-state index in [1.165, 1.54) is 17.2 Å². The quantitative estimate of drug-likeness (QED) is 0.372. The van der Waals surface area contributed by atoms with Crippen LogP contribution in [0, 0.1) is 0 Å². The Labute approximate surface area is 171 Å². The Balaban J connectivity index is 1.39. The maximum atomic E-state index is 12.2. The first-order chi connectivity index (χ1) is 14.5. The van der Waals surface area contributed by atoms with Crippen molar-refractivity contribution in [2.45, 2.75) is 37.0 Å². The lowest BCUT2D eigenvalue weighted by Gasteiger charge is -2.17. The van der Waals surface area contributed by atoms with E-state index in [9.17, 15) is 15.0 Å². The van der Waals surface area contributed by atoms with E-state index < -0.39 is 36.6 Å². The molecule has 0 saturated carbocycles. The smallest absolute Gasteiger partial charge is 0.323 e. The van der Waals surface area contributed by atoms with Gasteiger partial charge in [-0.25, -0.2) is 15.0 Å². The van der Waals surface area contributed by atoms with E-state index in [4.69, 9.17) is 20.9 Å². The van der Waals surface area contributed by atoms with Crippen LogP contribution in [0.4, 0.5) is 5.82 Å². The summed E-state index contributed by atoms with van der Waals surface area (Å²) < 4.78 is 12.4. The molecule has 1 aliphatic heterocycles. The van der Waals surface area contributed by atoms with Crippen LogP contribution in [0.3, 0.4) is 0 Å². The summed E-state index contributed by atoms with van der Waals surface area (Å²) in [6.45, 7) is -0.264. The lowest BCUT2D eigenvalue weighted by atomic mass is 10.1. The minimum atomic E-state index is -1.29. The van der Waals surface area contributed by atoms with Crippen LogP contribution >= 0.6 is 0 Å². The van der Waals surface area contributed by atoms with E-state index in [1.807, 2.05) is 30.3 Å². The number of anilines is 1. The molecule has 1 saturated heterocycles. The fraction of sp³-hybridized carbons (Fsp3) is 0.368. The second-order valence-electron chi connectivity index (χ2n) is 7.06. The van der Waals surface area contributed by atoms with Gasteiger partial charge in [0.25, 0.3) is 0 Å². The molecule has 11 heteroatoms. The number of hydrogen-bond acceptors (Lipinski definition) is 10. The largest absolute Gasteiger partial charge is 0.462 e. The molecule has 0 spiro atoms. The van der Waals surface area contributed by atoms with Gasteiger partial charge in [0, 0.05) is 0 Å². The highest BCUT2D eigenvalue weighted by Crippen LogP contribution is 2.32. The fourth-order valence-electron chi connectivity index (χ4n) is 3.38. The molecule has 0 aliphatic carbocycles. The summed E-state index contributed by atoms with van der Waals surface area (Å²) in [6.07, 6.45) is -1.54. The average Bonchev–Trinajstić information content (AvgIpc) is 3.29. The first-order valence-corrected chi connectivity index (χ1v) is 9.36. The molecule has 4 rings (SSSR count). The Morgan fingerprint density at radius 1 is 1.20 bits per heavy atom. The minimum Gasteiger partial charge on any atom is -0.462 e. The third-order valence-electron chi connectivity index (χ3n) is 4.99. The minimum absolute atomic E-state index is 0.185. The van der Waals surface area contributed by atoms with E-state index in [1.54, 1.807) is 0 Å². The molecular weight excluding hydrogens is 392 g/mol. The Kier molecular flexibility index (Phi) is 5.59. The number of esters is 1. The predicted molar refractivity (Wildman–Crippen MR) is 105 cm³/mol. The van der Waals surface area contributed by atoms with Crippen molar-refractivity contribution >= 4 is 23.0 Å².